The van der Waals surface area contributed by atoms with Crippen molar-refractivity contribution in [3.05, 3.63) is 63.3 Å². The maximum absolute atomic E-state index is 13.1. The molecule has 4 rings (SSSR count). The summed E-state index contributed by atoms with van der Waals surface area (Å²) >= 11 is 7.19. The van der Waals surface area contributed by atoms with Gasteiger partial charge in [-0.2, -0.15) is 0 Å². The molecule has 0 aliphatic carbocycles. The molecule has 0 bridgehead atoms. The van der Waals surface area contributed by atoms with Gasteiger partial charge >= 0.3 is 0 Å². The quantitative estimate of drug-likeness (QED) is 0.508. The number of ether oxygens (including phenoxy) is 2. The summed E-state index contributed by atoms with van der Waals surface area (Å²) in [4.78, 5) is 40.4. The summed E-state index contributed by atoms with van der Waals surface area (Å²) in [5.41, 5.74) is 1.29. The van der Waals surface area contributed by atoms with E-state index in [1.54, 1.807) is 29.2 Å². The minimum Gasteiger partial charge on any atom is -0.493 e. The fraction of sp³-hybridized carbons (Fsp3) is 0.292. The van der Waals surface area contributed by atoms with E-state index in [1.807, 2.05) is 0 Å². The number of likely N-dealkylation sites (tertiary alicyclic amines) is 1. The Kier molecular flexibility index (Phi) is 7.43. The summed E-state index contributed by atoms with van der Waals surface area (Å²) in [5, 5.41) is -0.239. The molecule has 0 unspecified atom stereocenters. The van der Waals surface area contributed by atoms with E-state index >= 15 is 0 Å². The SMILES string of the molecule is COc1cc(/C=C2\SC(=O)N(CC(=O)N3CCCC3)C2=O)cc(Cl)c1OCc1ccc(F)cc1. The van der Waals surface area contributed by atoms with Crippen molar-refractivity contribution in [1.29, 1.82) is 0 Å². The van der Waals surface area contributed by atoms with Crippen molar-refractivity contribution in [2.75, 3.05) is 26.7 Å². The van der Waals surface area contributed by atoms with Gasteiger partial charge < -0.3 is 14.4 Å². The lowest BCUT2D eigenvalue weighted by atomic mass is 10.1. The number of carbonyl (C=O) groups excluding carboxylic acids is 3. The molecule has 2 aliphatic rings. The number of hydrogen-bond acceptors (Lipinski definition) is 6. The molecule has 2 fully saturated rings. The average molecular weight is 505 g/mol. The molecule has 2 heterocycles. The Labute approximate surface area is 205 Å². The molecule has 2 aromatic rings. The van der Waals surface area contributed by atoms with Crippen LogP contribution in [0.4, 0.5) is 9.18 Å². The molecule has 10 heteroatoms. The molecule has 0 N–H and O–H groups in total. The highest BCUT2D eigenvalue weighted by molar-refractivity contribution is 8.18. The van der Waals surface area contributed by atoms with E-state index in [-0.39, 0.29) is 34.8 Å². The summed E-state index contributed by atoms with van der Waals surface area (Å²) in [6.07, 6.45) is 3.39. The van der Waals surface area contributed by atoms with Gasteiger partial charge in [0.1, 0.15) is 19.0 Å². The fourth-order valence-electron chi connectivity index (χ4n) is 3.69. The maximum atomic E-state index is 13.1. The summed E-state index contributed by atoms with van der Waals surface area (Å²) in [5.74, 6) is -0.449. The van der Waals surface area contributed by atoms with Crippen molar-refractivity contribution in [1.82, 2.24) is 9.80 Å². The zero-order valence-corrected chi connectivity index (χ0v) is 20.0. The number of thioether (sulfide) groups is 1. The van der Waals surface area contributed by atoms with Crippen LogP contribution in [0.5, 0.6) is 11.5 Å². The molecule has 0 saturated carbocycles. The van der Waals surface area contributed by atoms with E-state index in [0.717, 1.165) is 35.1 Å². The monoisotopic (exact) mass is 504 g/mol. The average Bonchev–Trinajstić information content (AvgIpc) is 3.44. The second-order valence-corrected chi connectivity index (χ2v) is 9.21. The van der Waals surface area contributed by atoms with Crippen LogP contribution in [-0.2, 0) is 16.2 Å². The number of hydrogen-bond donors (Lipinski definition) is 0. The number of nitrogens with zero attached hydrogens (tertiary/aromatic N) is 2. The third-order valence-corrected chi connectivity index (χ3v) is 6.66. The molecular formula is C24H22ClFN2O5S. The number of methoxy groups -OCH3 is 1. The number of rotatable bonds is 7. The van der Waals surface area contributed by atoms with Crippen molar-refractivity contribution in [3.63, 3.8) is 0 Å². The Balaban J connectivity index is 1.49. The van der Waals surface area contributed by atoms with Crippen LogP contribution in [0.2, 0.25) is 5.02 Å². The van der Waals surface area contributed by atoms with Crippen LogP contribution in [0.1, 0.15) is 24.0 Å². The minimum atomic E-state index is -0.519. The third-order valence-electron chi connectivity index (χ3n) is 5.47. The predicted octanol–water partition coefficient (Wildman–Crippen LogP) is 4.73. The van der Waals surface area contributed by atoms with E-state index in [1.165, 1.54) is 25.3 Å². The van der Waals surface area contributed by atoms with Gasteiger partial charge in [0.2, 0.25) is 5.91 Å². The molecule has 178 valence electrons. The Hall–Kier alpha value is -3.04. The topological polar surface area (TPSA) is 76.2 Å². The minimum absolute atomic E-state index is 0.152. The van der Waals surface area contributed by atoms with Crippen LogP contribution in [-0.4, -0.2) is 53.6 Å². The van der Waals surface area contributed by atoms with Crippen molar-refractivity contribution >= 4 is 46.5 Å². The Morgan fingerprint density at radius 3 is 2.56 bits per heavy atom. The Morgan fingerprint density at radius 1 is 1.18 bits per heavy atom. The van der Waals surface area contributed by atoms with Crippen molar-refractivity contribution in [2.45, 2.75) is 19.4 Å². The summed E-state index contributed by atoms with van der Waals surface area (Å²) in [7, 11) is 1.46. The van der Waals surface area contributed by atoms with Crippen LogP contribution in [0.25, 0.3) is 6.08 Å². The number of carbonyl (C=O) groups is 3. The van der Waals surface area contributed by atoms with E-state index in [4.69, 9.17) is 21.1 Å². The number of benzene rings is 2. The molecule has 0 radical (unpaired) electrons. The van der Waals surface area contributed by atoms with Gasteiger partial charge in [-0.15, -0.1) is 0 Å². The second kappa shape index (κ2) is 10.5. The summed E-state index contributed by atoms with van der Waals surface area (Å²) < 4.78 is 24.3. The lowest BCUT2D eigenvalue weighted by Crippen LogP contribution is -2.40. The van der Waals surface area contributed by atoms with Gasteiger partial charge in [0, 0.05) is 13.1 Å². The van der Waals surface area contributed by atoms with Crippen molar-refractivity contribution in [3.8, 4) is 11.5 Å². The van der Waals surface area contributed by atoms with E-state index in [0.29, 0.717) is 30.2 Å². The van der Waals surface area contributed by atoms with Gasteiger partial charge in [-0.25, -0.2) is 4.39 Å². The van der Waals surface area contributed by atoms with Crippen LogP contribution in [0.3, 0.4) is 0 Å². The van der Waals surface area contributed by atoms with Gasteiger partial charge in [0.05, 0.1) is 17.0 Å². The van der Waals surface area contributed by atoms with Gasteiger partial charge in [0.15, 0.2) is 11.5 Å². The molecule has 7 nitrogen and oxygen atoms in total. The first-order valence-electron chi connectivity index (χ1n) is 10.6. The van der Waals surface area contributed by atoms with Gasteiger partial charge in [0.25, 0.3) is 11.1 Å². The zero-order valence-electron chi connectivity index (χ0n) is 18.4. The summed E-state index contributed by atoms with van der Waals surface area (Å²) in [6, 6.07) is 9.12. The van der Waals surface area contributed by atoms with Crippen molar-refractivity contribution in [2.24, 2.45) is 0 Å². The van der Waals surface area contributed by atoms with Gasteiger partial charge in [-0.1, -0.05) is 23.7 Å². The van der Waals surface area contributed by atoms with Gasteiger partial charge in [-0.05, 0) is 66.1 Å². The molecule has 2 aliphatic heterocycles. The van der Waals surface area contributed by atoms with Crippen LogP contribution in [0, 0.1) is 5.82 Å². The molecule has 2 aromatic carbocycles. The molecule has 34 heavy (non-hydrogen) atoms. The second-order valence-electron chi connectivity index (χ2n) is 7.81. The highest BCUT2D eigenvalue weighted by Crippen LogP contribution is 2.39. The standard InChI is InChI=1S/C24H22ClFN2O5S/c1-32-19-11-16(10-18(25)22(19)33-14-15-4-6-17(26)7-5-15)12-20-23(30)28(24(31)34-20)13-21(29)27-8-2-3-9-27/h4-7,10-12H,2-3,8-9,13-14H2,1H3/b20-12-. The number of imide groups is 1. The fourth-order valence-corrected chi connectivity index (χ4v) is 4.80. The molecule has 0 atom stereocenters. The number of halogens is 2. The lowest BCUT2D eigenvalue weighted by Gasteiger charge is -2.18. The normalized spacial score (nSPS) is 17.1. The zero-order chi connectivity index (χ0) is 24.2. The van der Waals surface area contributed by atoms with Gasteiger partial charge in [-0.3, -0.25) is 19.3 Å². The summed E-state index contributed by atoms with van der Waals surface area (Å²) in [6.45, 7) is 1.19. The first-order valence-corrected chi connectivity index (χ1v) is 11.8. The maximum Gasteiger partial charge on any atom is 0.294 e. The number of amides is 3. The molecule has 0 aromatic heterocycles. The van der Waals surface area contributed by atoms with E-state index in [9.17, 15) is 18.8 Å². The molecule has 3 amide bonds. The first kappa shape index (κ1) is 24.1. The molecule has 0 spiro atoms. The van der Waals surface area contributed by atoms with E-state index < -0.39 is 11.1 Å². The first-order chi connectivity index (χ1) is 16.4. The largest absolute Gasteiger partial charge is 0.493 e. The highest BCUT2D eigenvalue weighted by atomic mass is 35.5. The van der Waals surface area contributed by atoms with Crippen LogP contribution < -0.4 is 9.47 Å². The third kappa shape index (κ3) is 5.37. The lowest BCUT2D eigenvalue weighted by molar-refractivity contribution is -0.135. The van der Waals surface area contributed by atoms with Crippen LogP contribution >= 0.6 is 23.4 Å². The molecule has 2 saturated heterocycles. The van der Waals surface area contributed by atoms with E-state index in [2.05, 4.69) is 0 Å². The van der Waals surface area contributed by atoms with Crippen LogP contribution in [0.15, 0.2) is 41.3 Å². The Morgan fingerprint density at radius 2 is 1.88 bits per heavy atom. The molecular weight excluding hydrogens is 483 g/mol. The predicted molar refractivity (Wildman–Crippen MR) is 127 cm³/mol. The smallest absolute Gasteiger partial charge is 0.294 e. The van der Waals surface area contributed by atoms with Crippen molar-refractivity contribution < 1.29 is 28.2 Å². The highest BCUT2D eigenvalue weighted by Gasteiger charge is 2.37. The Bertz CT molecular complexity index is 1150.